The van der Waals surface area contributed by atoms with E-state index < -0.39 is 12.1 Å². The molecule has 1 atom stereocenters. The van der Waals surface area contributed by atoms with Gasteiger partial charge < -0.3 is 18.8 Å². The van der Waals surface area contributed by atoms with E-state index in [1.54, 1.807) is 18.2 Å². The third kappa shape index (κ3) is 4.84. The van der Waals surface area contributed by atoms with Gasteiger partial charge >= 0.3 is 5.97 Å². The Morgan fingerprint density at radius 2 is 1.97 bits per heavy atom. The summed E-state index contributed by atoms with van der Waals surface area (Å²) in [6, 6.07) is 9.04. The molecule has 164 valence electrons. The number of aryl methyl sites for hydroxylation is 1. The fourth-order valence-corrected chi connectivity index (χ4v) is 4.26. The van der Waals surface area contributed by atoms with Crippen molar-refractivity contribution in [1.29, 1.82) is 0 Å². The van der Waals surface area contributed by atoms with Gasteiger partial charge in [0, 0.05) is 23.5 Å². The van der Waals surface area contributed by atoms with Crippen LogP contribution < -0.4 is 9.47 Å². The van der Waals surface area contributed by atoms with E-state index in [-0.39, 0.29) is 19.0 Å². The Labute approximate surface area is 182 Å². The Hall–Kier alpha value is -3.02. The molecule has 0 fully saturated rings. The molecule has 0 saturated heterocycles. The summed E-state index contributed by atoms with van der Waals surface area (Å²) >= 11 is 0. The van der Waals surface area contributed by atoms with Gasteiger partial charge in [-0.05, 0) is 64.2 Å². The minimum Gasteiger partial charge on any atom is -0.485 e. The smallest absolute Gasteiger partial charge is 0.351 e. The van der Waals surface area contributed by atoms with Gasteiger partial charge in [0.25, 0.3) is 0 Å². The molecule has 0 spiro atoms. The van der Waals surface area contributed by atoms with Crippen LogP contribution in [0.15, 0.2) is 42.0 Å². The predicted octanol–water partition coefficient (Wildman–Crippen LogP) is 4.56. The van der Waals surface area contributed by atoms with Gasteiger partial charge in [0.1, 0.15) is 6.61 Å². The monoisotopic (exact) mass is 423 g/mol. The van der Waals surface area contributed by atoms with Crippen LogP contribution in [0.3, 0.4) is 0 Å². The second-order valence-corrected chi connectivity index (χ2v) is 8.19. The van der Waals surface area contributed by atoms with E-state index in [0.29, 0.717) is 17.1 Å². The lowest BCUT2D eigenvalue weighted by Crippen LogP contribution is -2.38. The highest BCUT2D eigenvalue weighted by molar-refractivity contribution is 5.99. The number of aromatic nitrogens is 1. The number of ketones is 1. The molecule has 4 rings (SSSR count). The number of nitrogens with zero attached hydrogens (tertiary/aromatic N) is 1. The number of esters is 1. The number of allylic oxidation sites excluding steroid dienone is 2. The molecule has 0 amide bonds. The first-order valence-corrected chi connectivity index (χ1v) is 11.0. The van der Waals surface area contributed by atoms with Gasteiger partial charge in [0.05, 0.1) is 0 Å². The topological polar surface area (TPSA) is 66.8 Å². The van der Waals surface area contributed by atoms with Crippen LogP contribution in [0.5, 0.6) is 11.5 Å². The van der Waals surface area contributed by atoms with Crippen molar-refractivity contribution in [1.82, 2.24) is 4.57 Å². The Kier molecular flexibility index (Phi) is 6.44. The molecule has 1 aromatic carbocycles. The number of carbonyl (C=O) groups excluding carboxylic acids is 2. The number of Topliss-reactive ketones (excluding diaryl/α,β-unsaturated/α-hetero) is 1. The first-order valence-electron chi connectivity index (χ1n) is 11.0. The number of rotatable bonds is 7. The lowest BCUT2D eigenvalue weighted by molar-refractivity contribution is -0.153. The summed E-state index contributed by atoms with van der Waals surface area (Å²) in [5.41, 5.74) is 4.08. The second-order valence-electron chi connectivity index (χ2n) is 8.19. The maximum atomic E-state index is 12.7. The van der Waals surface area contributed by atoms with Crippen molar-refractivity contribution < 1.29 is 23.8 Å². The van der Waals surface area contributed by atoms with Crippen LogP contribution in [0.2, 0.25) is 0 Å². The Balaban J connectivity index is 1.33. The number of para-hydroxylation sites is 2. The van der Waals surface area contributed by atoms with Crippen LogP contribution in [0.25, 0.3) is 0 Å². The molecule has 1 aliphatic carbocycles. The SMILES string of the molecule is Cc1cc(C(=O)COC(=O)[C@@H]2COc3ccccc3O2)c(C)n1CCC1=CCCCC1. The van der Waals surface area contributed by atoms with Crippen LogP contribution in [0.1, 0.15) is 53.8 Å². The van der Waals surface area contributed by atoms with Crippen molar-refractivity contribution in [2.45, 2.75) is 58.6 Å². The Bertz CT molecular complexity index is 1000. The van der Waals surface area contributed by atoms with Gasteiger partial charge in [-0.3, -0.25) is 4.79 Å². The fraction of sp³-hybridized carbons (Fsp3) is 0.440. The summed E-state index contributed by atoms with van der Waals surface area (Å²) in [5, 5.41) is 0. The number of carbonyl (C=O) groups is 2. The molecular formula is C25H29NO5. The minimum atomic E-state index is -0.876. The van der Waals surface area contributed by atoms with Crippen molar-refractivity contribution >= 4 is 11.8 Å². The number of benzene rings is 1. The quantitative estimate of drug-likeness (QED) is 0.371. The highest BCUT2D eigenvalue weighted by atomic mass is 16.6. The third-order valence-electron chi connectivity index (χ3n) is 6.03. The standard InChI is InChI=1S/C25H29NO5/c1-17-14-20(18(2)26(17)13-12-19-8-4-3-5-9-19)21(27)15-30-25(28)24-16-29-22-10-6-7-11-23(22)31-24/h6-8,10-11,14,24H,3-5,9,12-13,15-16H2,1-2H3/t24-/m0/s1. The minimum absolute atomic E-state index is 0.0639. The summed E-state index contributed by atoms with van der Waals surface area (Å²) in [4.78, 5) is 25.1. The van der Waals surface area contributed by atoms with Crippen molar-refractivity contribution in [2.24, 2.45) is 0 Å². The second kappa shape index (κ2) is 9.41. The first-order chi connectivity index (χ1) is 15.0. The van der Waals surface area contributed by atoms with Crippen molar-refractivity contribution in [3.8, 4) is 11.5 Å². The highest BCUT2D eigenvalue weighted by Gasteiger charge is 2.29. The molecule has 6 nitrogen and oxygen atoms in total. The Morgan fingerprint density at radius 1 is 1.16 bits per heavy atom. The van der Waals surface area contributed by atoms with Crippen LogP contribution in [0, 0.1) is 13.8 Å². The zero-order valence-corrected chi connectivity index (χ0v) is 18.2. The molecule has 2 aromatic rings. The van der Waals surface area contributed by atoms with Crippen molar-refractivity contribution in [3.63, 3.8) is 0 Å². The van der Waals surface area contributed by atoms with E-state index >= 15 is 0 Å². The van der Waals surface area contributed by atoms with E-state index in [1.807, 2.05) is 26.0 Å². The molecule has 2 heterocycles. The maximum Gasteiger partial charge on any atom is 0.351 e. The predicted molar refractivity (Wildman–Crippen MR) is 117 cm³/mol. The van der Waals surface area contributed by atoms with Crippen LogP contribution in [-0.2, 0) is 16.1 Å². The number of hydrogen-bond acceptors (Lipinski definition) is 5. The molecule has 0 unspecified atom stereocenters. The third-order valence-corrected chi connectivity index (χ3v) is 6.03. The molecule has 0 N–H and O–H groups in total. The van der Waals surface area contributed by atoms with Gasteiger partial charge in [0.15, 0.2) is 18.1 Å². The summed E-state index contributed by atoms with van der Waals surface area (Å²) < 4.78 is 18.6. The molecule has 0 saturated carbocycles. The zero-order valence-electron chi connectivity index (χ0n) is 18.2. The maximum absolute atomic E-state index is 12.7. The van der Waals surface area contributed by atoms with Gasteiger partial charge in [0.2, 0.25) is 11.9 Å². The van der Waals surface area contributed by atoms with Crippen LogP contribution >= 0.6 is 0 Å². The zero-order chi connectivity index (χ0) is 21.8. The molecule has 1 aromatic heterocycles. The molecule has 2 aliphatic rings. The first kappa shape index (κ1) is 21.2. The normalized spacial score (nSPS) is 17.7. The lowest BCUT2D eigenvalue weighted by Gasteiger charge is -2.24. The van der Waals surface area contributed by atoms with Gasteiger partial charge in [-0.1, -0.05) is 23.8 Å². The largest absolute Gasteiger partial charge is 0.485 e. The summed E-state index contributed by atoms with van der Waals surface area (Å²) in [7, 11) is 0. The molecule has 0 radical (unpaired) electrons. The van der Waals surface area contributed by atoms with E-state index in [2.05, 4.69) is 10.6 Å². The van der Waals surface area contributed by atoms with Gasteiger partial charge in [-0.25, -0.2) is 4.79 Å². The van der Waals surface area contributed by atoms with Crippen LogP contribution in [-0.4, -0.2) is 35.6 Å². The van der Waals surface area contributed by atoms with Crippen molar-refractivity contribution in [2.75, 3.05) is 13.2 Å². The average molecular weight is 424 g/mol. The van der Waals surface area contributed by atoms with E-state index in [4.69, 9.17) is 14.2 Å². The van der Waals surface area contributed by atoms with Crippen LogP contribution in [0.4, 0.5) is 0 Å². The van der Waals surface area contributed by atoms with Crippen molar-refractivity contribution in [3.05, 3.63) is 58.9 Å². The molecule has 6 heteroatoms. The summed E-state index contributed by atoms with van der Waals surface area (Å²) in [5.74, 6) is 0.292. The number of hydrogen-bond donors (Lipinski definition) is 0. The average Bonchev–Trinajstić information content (AvgIpc) is 3.09. The van der Waals surface area contributed by atoms with Gasteiger partial charge in [-0.15, -0.1) is 0 Å². The van der Waals surface area contributed by atoms with E-state index in [0.717, 1.165) is 24.4 Å². The molecular weight excluding hydrogens is 394 g/mol. The molecule has 1 aliphatic heterocycles. The summed E-state index contributed by atoms with van der Waals surface area (Å²) in [6.45, 7) is 4.58. The molecule has 31 heavy (non-hydrogen) atoms. The number of ether oxygens (including phenoxy) is 3. The fourth-order valence-electron chi connectivity index (χ4n) is 4.26. The van der Waals surface area contributed by atoms with Gasteiger partial charge in [-0.2, -0.15) is 0 Å². The highest BCUT2D eigenvalue weighted by Crippen LogP contribution is 2.31. The Morgan fingerprint density at radius 3 is 2.74 bits per heavy atom. The number of fused-ring (bicyclic) bond motifs is 1. The molecule has 0 bridgehead atoms. The summed E-state index contributed by atoms with van der Waals surface area (Å²) in [6.07, 6.45) is 7.41. The van der Waals surface area contributed by atoms with E-state index in [1.165, 1.54) is 31.3 Å². The lowest BCUT2D eigenvalue weighted by atomic mass is 9.97. The van der Waals surface area contributed by atoms with E-state index in [9.17, 15) is 9.59 Å².